The maximum Gasteiger partial charge on any atom is 0.193 e. The number of rotatable bonds is 5. The second-order valence-electron chi connectivity index (χ2n) is 4.44. The van der Waals surface area contributed by atoms with Gasteiger partial charge in [0.25, 0.3) is 0 Å². The highest BCUT2D eigenvalue weighted by Crippen LogP contribution is 2.26. The van der Waals surface area contributed by atoms with E-state index >= 15 is 0 Å². The van der Waals surface area contributed by atoms with Crippen molar-refractivity contribution in [3.05, 3.63) is 58.5 Å². The summed E-state index contributed by atoms with van der Waals surface area (Å²) in [6.07, 6.45) is 1.08. The zero-order chi connectivity index (χ0) is 13.0. The fraction of sp³-hybridized carbons (Fsp3) is 0.333. The smallest absolute Gasteiger partial charge is 0.193 e. The van der Waals surface area contributed by atoms with Crippen LogP contribution in [0.1, 0.15) is 36.3 Å². The molecule has 2 nitrogen and oxygen atoms in total. The van der Waals surface area contributed by atoms with Crippen LogP contribution in [0.25, 0.3) is 0 Å². The van der Waals surface area contributed by atoms with Crippen molar-refractivity contribution in [2.45, 2.75) is 26.3 Å². The molecule has 1 N–H and O–H groups in total. The van der Waals surface area contributed by atoms with Gasteiger partial charge in [-0.1, -0.05) is 36.8 Å². The molecular formula is C15H18ClNO. The van der Waals surface area contributed by atoms with E-state index in [1.807, 2.05) is 6.07 Å². The Morgan fingerprint density at radius 2 is 1.89 bits per heavy atom. The molecule has 0 saturated heterocycles. The van der Waals surface area contributed by atoms with Crippen molar-refractivity contribution in [1.82, 2.24) is 5.32 Å². The number of aryl methyl sites for hydroxylation is 1. The Bertz CT molecular complexity index is 489. The first-order valence-corrected chi connectivity index (χ1v) is 6.63. The largest absolute Gasteiger partial charge is 0.448 e. The van der Waals surface area contributed by atoms with Crippen molar-refractivity contribution < 1.29 is 4.42 Å². The molecule has 0 aliphatic heterocycles. The fourth-order valence-electron chi connectivity index (χ4n) is 1.91. The quantitative estimate of drug-likeness (QED) is 0.869. The van der Waals surface area contributed by atoms with Crippen molar-refractivity contribution in [3.63, 3.8) is 0 Å². The van der Waals surface area contributed by atoms with E-state index in [0.29, 0.717) is 5.22 Å². The molecule has 1 unspecified atom stereocenters. The van der Waals surface area contributed by atoms with Gasteiger partial charge in [0.1, 0.15) is 5.76 Å². The molecule has 0 radical (unpaired) electrons. The van der Waals surface area contributed by atoms with Gasteiger partial charge in [0.2, 0.25) is 0 Å². The predicted octanol–water partition coefficient (Wildman–Crippen LogP) is 4.33. The Labute approximate surface area is 113 Å². The van der Waals surface area contributed by atoms with Crippen LogP contribution >= 0.6 is 11.6 Å². The SMILES string of the molecule is CCCNC(c1ccc(C)cc1)c1ccc(Cl)o1. The van der Waals surface area contributed by atoms with Gasteiger partial charge in [-0.25, -0.2) is 0 Å². The summed E-state index contributed by atoms with van der Waals surface area (Å²) in [6, 6.07) is 12.2. The lowest BCUT2D eigenvalue weighted by Gasteiger charge is -2.16. The number of hydrogen-bond acceptors (Lipinski definition) is 2. The molecule has 96 valence electrons. The van der Waals surface area contributed by atoms with Gasteiger partial charge < -0.3 is 9.73 Å². The van der Waals surface area contributed by atoms with E-state index in [4.69, 9.17) is 16.0 Å². The van der Waals surface area contributed by atoms with Gasteiger partial charge in [0.15, 0.2) is 5.22 Å². The second-order valence-corrected chi connectivity index (χ2v) is 4.81. The van der Waals surface area contributed by atoms with Crippen LogP contribution in [-0.2, 0) is 0 Å². The van der Waals surface area contributed by atoms with Gasteiger partial charge in [-0.2, -0.15) is 0 Å². The molecule has 1 aromatic heterocycles. The fourth-order valence-corrected chi connectivity index (χ4v) is 2.07. The molecule has 2 aromatic rings. The summed E-state index contributed by atoms with van der Waals surface area (Å²) in [5.41, 5.74) is 2.45. The van der Waals surface area contributed by atoms with Crippen LogP contribution in [0.3, 0.4) is 0 Å². The van der Waals surface area contributed by atoms with Crippen LogP contribution < -0.4 is 5.32 Å². The monoisotopic (exact) mass is 263 g/mol. The number of nitrogens with one attached hydrogen (secondary N) is 1. The third-order valence-corrected chi connectivity index (χ3v) is 3.09. The summed E-state index contributed by atoms with van der Waals surface area (Å²) in [5, 5.41) is 3.91. The van der Waals surface area contributed by atoms with E-state index < -0.39 is 0 Å². The Morgan fingerprint density at radius 1 is 1.17 bits per heavy atom. The van der Waals surface area contributed by atoms with Crippen LogP contribution in [0.2, 0.25) is 5.22 Å². The highest BCUT2D eigenvalue weighted by atomic mass is 35.5. The van der Waals surface area contributed by atoms with E-state index in [-0.39, 0.29) is 6.04 Å². The Hall–Kier alpha value is -1.25. The average molecular weight is 264 g/mol. The van der Waals surface area contributed by atoms with Gasteiger partial charge in [-0.05, 0) is 49.2 Å². The van der Waals surface area contributed by atoms with Crippen LogP contribution in [0, 0.1) is 6.92 Å². The van der Waals surface area contributed by atoms with Gasteiger partial charge in [0, 0.05) is 0 Å². The van der Waals surface area contributed by atoms with Crippen molar-refractivity contribution in [2.75, 3.05) is 6.54 Å². The van der Waals surface area contributed by atoms with Crippen molar-refractivity contribution >= 4 is 11.6 Å². The van der Waals surface area contributed by atoms with Gasteiger partial charge in [0.05, 0.1) is 6.04 Å². The van der Waals surface area contributed by atoms with Gasteiger partial charge in [-0.3, -0.25) is 0 Å². The van der Waals surface area contributed by atoms with E-state index in [1.165, 1.54) is 11.1 Å². The molecular weight excluding hydrogens is 246 g/mol. The van der Waals surface area contributed by atoms with E-state index in [9.17, 15) is 0 Å². The minimum Gasteiger partial charge on any atom is -0.448 e. The summed E-state index contributed by atoms with van der Waals surface area (Å²) < 4.78 is 5.53. The summed E-state index contributed by atoms with van der Waals surface area (Å²) in [4.78, 5) is 0. The molecule has 2 rings (SSSR count). The van der Waals surface area contributed by atoms with Crippen molar-refractivity contribution in [2.24, 2.45) is 0 Å². The highest BCUT2D eigenvalue weighted by molar-refractivity contribution is 6.28. The first-order chi connectivity index (χ1) is 8.70. The lowest BCUT2D eigenvalue weighted by atomic mass is 10.0. The van der Waals surface area contributed by atoms with E-state index in [0.717, 1.165) is 18.7 Å². The minimum absolute atomic E-state index is 0.0676. The third kappa shape index (κ3) is 3.15. The van der Waals surface area contributed by atoms with Gasteiger partial charge >= 0.3 is 0 Å². The van der Waals surface area contributed by atoms with E-state index in [1.54, 1.807) is 6.07 Å². The van der Waals surface area contributed by atoms with Crippen molar-refractivity contribution in [3.8, 4) is 0 Å². The highest BCUT2D eigenvalue weighted by Gasteiger charge is 2.16. The van der Waals surface area contributed by atoms with E-state index in [2.05, 4.69) is 43.4 Å². The standard InChI is InChI=1S/C15H18ClNO/c1-3-10-17-15(13-8-9-14(16)18-13)12-6-4-11(2)5-7-12/h4-9,15,17H,3,10H2,1-2H3. The normalized spacial score (nSPS) is 12.6. The second kappa shape index (κ2) is 6.07. The summed E-state index contributed by atoms with van der Waals surface area (Å²) >= 11 is 5.86. The molecule has 1 heterocycles. The number of halogens is 1. The lowest BCUT2D eigenvalue weighted by Crippen LogP contribution is -2.22. The number of benzene rings is 1. The third-order valence-electron chi connectivity index (χ3n) is 2.89. The topological polar surface area (TPSA) is 25.2 Å². The first-order valence-electron chi connectivity index (χ1n) is 6.26. The molecule has 0 saturated carbocycles. The van der Waals surface area contributed by atoms with Crippen LogP contribution in [0.15, 0.2) is 40.8 Å². The van der Waals surface area contributed by atoms with Crippen molar-refractivity contribution in [1.29, 1.82) is 0 Å². The molecule has 18 heavy (non-hydrogen) atoms. The Morgan fingerprint density at radius 3 is 2.44 bits per heavy atom. The molecule has 1 atom stereocenters. The number of hydrogen-bond donors (Lipinski definition) is 1. The zero-order valence-corrected chi connectivity index (χ0v) is 11.5. The summed E-state index contributed by atoms with van der Waals surface area (Å²) in [5.74, 6) is 0.859. The Balaban J connectivity index is 2.27. The lowest BCUT2D eigenvalue weighted by molar-refractivity contribution is 0.448. The van der Waals surface area contributed by atoms with Gasteiger partial charge in [-0.15, -0.1) is 0 Å². The van der Waals surface area contributed by atoms with Crippen LogP contribution in [0.5, 0.6) is 0 Å². The molecule has 0 aliphatic carbocycles. The molecule has 0 spiro atoms. The summed E-state index contributed by atoms with van der Waals surface area (Å²) in [6.45, 7) is 5.17. The van der Waals surface area contributed by atoms with Crippen LogP contribution in [0.4, 0.5) is 0 Å². The molecule has 3 heteroatoms. The summed E-state index contributed by atoms with van der Waals surface area (Å²) in [7, 11) is 0. The van der Waals surface area contributed by atoms with Crippen LogP contribution in [-0.4, -0.2) is 6.54 Å². The Kier molecular flexibility index (Phi) is 4.45. The average Bonchev–Trinajstić information content (AvgIpc) is 2.78. The number of furan rings is 1. The molecule has 0 amide bonds. The predicted molar refractivity (Wildman–Crippen MR) is 75.0 cm³/mol. The maximum absolute atomic E-state index is 5.86. The molecule has 0 bridgehead atoms. The maximum atomic E-state index is 5.86. The minimum atomic E-state index is 0.0676. The molecule has 0 fully saturated rings. The zero-order valence-electron chi connectivity index (χ0n) is 10.7. The molecule has 0 aliphatic rings. The molecule has 1 aromatic carbocycles. The first kappa shape index (κ1) is 13.2.